The molecule has 23 heavy (non-hydrogen) atoms. The van der Waals surface area contributed by atoms with Gasteiger partial charge in [-0.1, -0.05) is 0 Å². The van der Waals surface area contributed by atoms with Crippen molar-refractivity contribution in [3.05, 3.63) is 11.4 Å². The van der Waals surface area contributed by atoms with Crippen molar-refractivity contribution in [3.8, 4) is 0 Å². The van der Waals surface area contributed by atoms with E-state index in [-0.39, 0.29) is 11.9 Å². The fourth-order valence-corrected chi connectivity index (χ4v) is 3.89. The van der Waals surface area contributed by atoms with Gasteiger partial charge in [0.05, 0.1) is 5.69 Å². The third kappa shape index (κ3) is 2.96. The Balaban J connectivity index is 1.31. The maximum absolute atomic E-state index is 12.4. The zero-order valence-electron chi connectivity index (χ0n) is 13.3. The number of hydrogen-bond acceptors (Lipinski definition) is 4. The molecule has 2 amide bonds. The Kier molecular flexibility index (Phi) is 3.79. The van der Waals surface area contributed by atoms with Crippen LogP contribution in [0.1, 0.15) is 73.5 Å². The van der Waals surface area contributed by atoms with Crippen LogP contribution in [0.15, 0.2) is 0 Å². The summed E-state index contributed by atoms with van der Waals surface area (Å²) >= 11 is 0. The summed E-state index contributed by atoms with van der Waals surface area (Å²) in [6.45, 7) is 0.907. The first-order chi connectivity index (χ1) is 11.2. The van der Waals surface area contributed by atoms with E-state index in [0.717, 1.165) is 57.2 Å². The number of likely N-dealkylation sites (tertiary alicyclic amines) is 1. The van der Waals surface area contributed by atoms with E-state index in [4.69, 9.17) is 0 Å². The van der Waals surface area contributed by atoms with E-state index in [2.05, 4.69) is 20.7 Å². The molecule has 0 atom stereocenters. The summed E-state index contributed by atoms with van der Waals surface area (Å²) in [5.74, 6) is 0.599. The molecule has 1 aliphatic heterocycles. The van der Waals surface area contributed by atoms with Crippen LogP contribution in [0, 0.1) is 0 Å². The molecule has 124 valence electrons. The molecule has 3 aliphatic rings. The standard InChI is InChI=1S/C16H23N5O2/c22-13-2-1-9-21(13)12-7-5-11(6-8-12)17-16(23)15-14(10-3-4-10)18-20-19-15/h10-12H,1-9H2,(H,17,23)(H,18,19,20). The molecule has 0 radical (unpaired) electrons. The quantitative estimate of drug-likeness (QED) is 0.877. The zero-order valence-corrected chi connectivity index (χ0v) is 13.3. The Morgan fingerprint density at radius 3 is 2.57 bits per heavy atom. The monoisotopic (exact) mass is 317 g/mol. The number of hydrogen-bond donors (Lipinski definition) is 2. The molecule has 1 saturated heterocycles. The molecule has 7 heteroatoms. The average molecular weight is 317 g/mol. The van der Waals surface area contributed by atoms with Gasteiger partial charge in [-0.2, -0.15) is 15.4 Å². The van der Waals surface area contributed by atoms with Gasteiger partial charge < -0.3 is 10.2 Å². The summed E-state index contributed by atoms with van der Waals surface area (Å²) < 4.78 is 0. The number of rotatable bonds is 4. The van der Waals surface area contributed by atoms with Crippen molar-refractivity contribution >= 4 is 11.8 Å². The van der Waals surface area contributed by atoms with Gasteiger partial charge in [0, 0.05) is 31.0 Å². The molecule has 0 bridgehead atoms. The Morgan fingerprint density at radius 1 is 1.13 bits per heavy atom. The van der Waals surface area contributed by atoms with Crippen LogP contribution in [0.25, 0.3) is 0 Å². The Morgan fingerprint density at radius 2 is 1.91 bits per heavy atom. The largest absolute Gasteiger partial charge is 0.348 e. The molecule has 2 N–H and O–H groups in total. The number of carbonyl (C=O) groups is 2. The first-order valence-electron chi connectivity index (χ1n) is 8.73. The van der Waals surface area contributed by atoms with Crippen LogP contribution in [0.2, 0.25) is 0 Å². The van der Waals surface area contributed by atoms with E-state index in [1.807, 2.05) is 4.90 Å². The van der Waals surface area contributed by atoms with Gasteiger partial charge in [-0.3, -0.25) is 9.59 Å². The lowest BCUT2D eigenvalue weighted by Gasteiger charge is -2.34. The average Bonchev–Trinajstić information content (AvgIpc) is 3.12. The minimum absolute atomic E-state index is 0.110. The molecule has 4 rings (SSSR count). The lowest BCUT2D eigenvalue weighted by molar-refractivity contribution is -0.130. The first kappa shape index (κ1) is 14.7. The van der Waals surface area contributed by atoms with Crippen molar-refractivity contribution in [3.63, 3.8) is 0 Å². The van der Waals surface area contributed by atoms with E-state index in [9.17, 15) is 9.59 Å². The van der Waals surface area contributed by atoms with Gasteiger partial charge >= 0.3 is 0 Å². The molecule has 0 aromatic carbocycles. The third-order valence-corrected chi connectivity index (χ3v) is 5.34. The molecule has 7 nitrogen and oxygen atoms in total. The molecule has 2 saturated carbocycles. The highest BCUT2D eigenvalue weighted by Gasteiger charge is 2.34. The van der Waals surface area contributed by atoms with Crippen molar-refractivity contribution in [2.45, 2.75) is 69.4 Å². The zero-order chi connectivity index (χ0) is 15.8. The predicted molar refractivity (Wildman–Crippen MR) is 82.8 cm³/mol. The summed E-state index contributed by atoms with van der Waals surface area (Å²) in [5, 5.41) is 13.8. The maximum Gasteiger partial charge on any atom is 0.273 e. The van der Waals surface area contributed by atoms with E-state index < -0.39 is 0 Å². The second-order valence-electron chi connectivity index (χ2n) is 7.00. The van der Waals surface area contributed by atoms with Crippen molar-refractivity contribution in [1.29, 1.82) is 0 Å². The fourth-order valence-electron chi connectivity index (χ4n) is 3.89. The summed E-state index contributed by atoms with van der Waals surface area (Å²) in [4.78, 5) is 26.3. The number of amides is 2. The highest BCUT2D eigenvalue weighted by molar-refractivity contribution is 5.93. The van der Waals surface area contributed by atoms with E-state index in [1.165, 1.54) is 0 Å². The Labute approximate surface area is 135 Å². The van der Waals surface area contributed by atoms with Gasteiger partial charge in [0.1, 0.15) is 0 Å². The van der Waals surface area contributed by atoms with Crippen LogP contribution >= 0.6 is 0 Å². The van der Waals surface area contributed by atoms with Crippen molar-refractivity contribution in [1.82, 2.24) is 25.6 Å². The summed E-state index contributed by atoms with van der Waals surface area (Å²) in [6.07, 6.45) is 7.70. The van der Waals surface area contributed by atoms with Gasteiger partial charge in [0.2, 0.25) is 5.91 Å². The van der Waals surface area contributed by atoms with Crippen LogP contribution in [-0.4, -0.2) is 50.8 Å². The summed E-state index contributed by atoms with van der Waals surface area (Å²) in [5.41, 5.74) is 1.28. The van der Waals surface area contributed by atoms with Crippen molar-refractivity contribution < 1.29 is 9.59 Å². The molecule has 1 aromatic rings. The van der Waals surface area contributed by atoms with Gasteiger partial charge in [0.15, 0.2) is 5.69 Å². The lowest BCUT2D eigenvalue weighted by Crippen LogP contribution is -2.44. The summed E-state index contributed by atoms with van der Waals surface area (Å²) in [7, 11) is 0. The van der Waals surface area contributed by atoms with Gasteiger partial charge in [-0.05, 0) is 44.9 Å². The molecule has 0 unspecified atom stereocenters. The Hall–Kier alpha value is -1.92. The van der Waals surface area contributed by atoms with Gasteiger partial charge in [0.25, 0.3) is 5.91 Å². The predicted octanol–water partition coefficient (Wildman–Crippen LogP) is 1.35. The molecule has 2 aliphatic carbocycles. The van der Waals surface area contributed by atoms with Gasteiger partial charge in [-0.15, -0.1) is 0 Å². The molecule has 0 spiro atoms. The van der Waals surface area contributed by atoms with Crippen molar-refractivity contribution in [2.24, 2.45) is 0 Å². The number of aromatic amines is 1. The number of aromatic nitrogens is 3. The molecule has 1 aromatic heterocycles. The second kappa shape index (κ2) is 5.94. The molecular formula is C16H23N5O2. The normalized spacial score (nSPS) is 28.2. The minimum atomic E-state index is -0.110. The van der Waals surface area contributed by atoms with E-state index >= 15 is 0 Å². The number of carbonyl (C=O) groups excluding carboxylic acids is 2. The van der Waals surface area contributed by atoms with Crippen LogP contribution in [0.4, 0.5) is 0 Å². The highest BCUT2D eigenvalue weighted by Crippen LogP contribution is 2.40. The van der Waals surface area contributed by atoms with Crippen LogP contribution in [-0.2, 0) is 4.79 Å². The summed E-state index contributed by atoms with van der Waals surface area (Å²) in [6, 6.07) is 0.549. The smallest absolute Gasteiger partial charge is 0.273 e. The van der Waals surface area contributed by atoms with Crippen LogP contribution < -0.4 is 5.32 Å². The maximum atomic E-state index is 12.4. The molecular weight excluding hydrogens is 294 g/mol. The number of nitrogens with one attached hydrogen (secondary N) is 2. The van der Waals surface area contributed by atoms with E-state index in [1.54, 1.807) is 0 Å². The Bertz CT molecular complexity index is 601. The number of nitrogens with zero attached hydrogens (tertiary/aromatic N) is 3. The second-order valence-corrected chi connectivity index (χ2v) is 7.00. The minimum Gasteiger partial charge on any atom is -0.348 e. The van der Waals surface area contributed by atoms with Crippen molar-refractivity contribution in [2.75, 3.05) is 6.54 Å². The SMILES string of the molecule is O=C(NC1CCC(N2CCCC2=O)CC1)c1n[nH]nc1C1CC1. The topological polar surface area (TPSA) is 91.0 Å². The first-order valence-corrected chi connectivity index (χ1v) is 8.73. The number of H-pyrrole nitrogens is 1. The lowest BCUT2D eigenvalue weighted by atomic mass is 9.90. The molecule has 3 fully saturated rings. The highest BCUT2D eigenvalue weighted by atomic mass is 16.2. The van der Waals surface area contributed by atoms with Crippen LogP contribution in [0.3, 0.4) is 0 Å². The fraction of sp³-hybridized carbons (Fsp3) is 0.750. The van der Waals surface area contributed by atoms with E-state index in [0.29, 0.717) is 30.0 Å². The molecule has 2 heterocycles. The third-order valence-electron chi connectivity index (χ3n) is 5.34. The van der Waals surface area contributed by atoms with Gasteiger partial charge in [-0.25, -0.2) is 0 Å². The van der Waals surface area contributed by atoms with Crippen LogP contribution in [0.5, 0.6) is 0 Å².